The van der Waals surface area contributed by atoms with E-state index >= 15 is 0 Å². The van der Waals surface area contributed by atoms with Gasteiger partial charge in [-0.2, -0.15) is 0 Å². The molecule has 1 amide bonds. The number of hydrogen-bond acceptors (Lipinski definition) is 4. The molecule has 0 fully saturated rings. The highest BCUT2D eigenvalue weighted by Crippen LogP contribution is 2.15. The van der Waals surface area contributed by atoms with Gasteiger partial charge < -0.3 is 10.1 Å². The third-order valence-electron chi connectivity index (χ3n) is 2.99. The van der Waals surface area contributed by atoms with Crippen LogP contribution in [0.1, 0.15) is 17.5 Å². The van der Waals surface area contributed by atoms with Gasteiger partial charge in [-0.05, 0) is 32.5 Å². The first-order valence-electron chi connectivity index (χ1n) is 6.55. The maximum atomic E-state index is 11.9. The molecule has 0 aliphatic rings. The molecular weight excluding hydrogens is 256 g/mol. The van der Waals surface area contributed by atoms with E-state index in [0.717, 1.165) is 16.8 Å². The Bertz CT molecular complexity index is 486. The van der Waals surface area contributed by atoms with E-state index in [4.69, 9.17) is 0 Å². The predicted octanol–water partition coefficient (Wildman–Crippen LogP) is 1.74. The molecule has 5 heteroatoms. The average molecular weight is 278 g/mol. The van der Waals surface area contributed by atoms with Crippen LogP contribution in [-0.2, 0) is 14.3 Å². The lowest BCUT2D eigenvalue weighted by Gasteiger charge is -2.16. The van der Waals surface area contributed by atoms with Gasteiger partial charge in [-0.3, -0.25) is 14.5 Å². The standard InChI is InChI=1S/C15H22N2O3/c1-11-5-6-13(12(2)9-11)16-14(18)10-17(3)8-7-15(19)20-4/h5-6,9H,7-8,10H2,1-4H3,(H,16,18). The summed E-state index contributed by atoms with van der Waals surface area (Å²) in [6, 6.07) is 5.89. The minimum absolute atomic E-state index is 0.0932. The maximum Gasteiger partial charge on any atom is 0.306 e. The molecule has 5 nitrogen and oxygen atoms in total. The first-order chi connectivity index (χ1) is 9.42. The summed E-state index contributed by atoms with van der Waals surface area (Å²) in [5, 5.41) is 2.87. The van der Waals surface area contributed by atoms with Crippen molar-refractivity contribution in [2.45, 2.75) is 20.3 Å². The van der Waals surface area contributed by atoms with Crippen molar-refractivity contribution in [1.82, 2.24) is 4.90 Å². The van der Waals surface area contributed by atoms with Gasteiger partial charge in [0.25, 0.3) is 0 Å². The summed E-state index contributed by atoms with van der Waals surface area (Å²) < 4.78 is 4.56. The summed E-state index contributed by atoms with van der Waals surface area (Å²) >= 11 is 0. The normalized spacial score (nSPS) is 10.4. The fourth-order valence-corrected chi connectivity index (χ4v) is 1.85. The summed E-state index contributed by atoms with van der Waals surface area (Å²) in [7, 11) is 3.15. The minimum atomic E-state index is -0.272. The molecular formula is C15H22N2O3. The number of anilines is 1. The van der Waals surface area contributed by atoms with Crippen molar-refractivity contribution in [2.24, 2.45) is 0 Å². The molecule has 1 aromatic carbocycles. The van der Waals surface area contributed by atoms with Gasteiger partial charge in [0.05, 0.1) is 20.1 Å². The number of rotatable bonds is 6. The van der Waals surface area contributed by atoms with E-state index in [2.05, 4.69) is 10.1 Å². The number of nitrogens with zero attached hydrogens (tertiary/aromatic N) is 1. The average Bonchev–Trinajstić information content (AvgIpc) is 2.39. The van der Waals surface area contributed by atoms with Crippen molar-refractivity contribution in [3.63, 3.8) is 0 Å². The van der Waals surface area contributed by atoms with Crippen molar-refractivity contribution in [3.8, 4) is 0 Å². The van der Waals surface area contributed by atoms with E-state index in [0.29, 0.717) is 6.54 Å². The van der Waals surface area contributed by atoms with Crippen molar-refractivity contribution in [3.05, 3.63) is 29.3 Å². The van der Waals surface area contributed by atoms with Gasteiger partial charge >= 0.3 is 5.97 Å². The number of carbonyl (C=O) groups is 2. The SMILES string of the molecule is COC(=O)CCN(C)CC(=O)Nc1ccc(C)cc1C. The van der Waals surface area contributed by atoms with Crippen LogP contribution in [0.25, 0.3) is 0 Å². The van der Waals surface area contributed by atoms with Crippen LogP contribution in [0.2, 0.25) is 0 Å². The second-order valence-electron chi connectivity index (χ2n) is 4.93. The van der Waals surface area contributed by atoms with Gasteiger partial charge in [0.2, 0.25) is 5.91 Å². The van der Waals surface area contributed by atoms with Crippen LogP contribution in [0, 0.1) is 13.8 Å². The Morgan fingerprint density at radius 1 is 1.30 bits per heavy atom. The number of amides is 1. The van der Waals surface area contributed by atoms with Gasteiger partial charge in [-0.15, -0.1) is 0 Å². The van der Waals surface area contributed by atoms with E-state index in [1.807, 2.05) is 32.0 Å². The van der Waals surface area contributed by atoms with Crippen LogP contribution in [-0.4, -0.2) is 44.0 Å². The highest BCUT2D eigenvalue weighted by Gasteiger charge is 2.10. The molecule has 0 atom stereocenters. The molecule has 110 valence electrons. The molecule has 0 saturated heterocycles. The summed E-state index contributed by atoms with van der Waals surface area (Å²) in [6.45, 7) is 4.71. The van der Waals surface area contributed by atoms with E-state index in [-0.39, 0.29) is 24.8 Å². The number of benzene rings is 1. The van der Waals surface area contributed by atoms with Gasteiger partial charge in [0, 0.05) is 12.2 Å². The van der Waals surface area contributed by atoms with Gasteiger partial charge in [-0.1, -0.05) is 17.7 Å². The minimum Gasteiger partial charge on any atom is -0.469 e. The fraction of sp³-hybridized carbons (Fsp3) is 0.467. The number of carbonyl (C=O) groups excluding carboxylic acids is 2. The molecule has 1 N–H and O–H groups in total. The molecule has 0 aliphatic carbocycles. The van der Waals surface area contributed by atoms with E-state index in [1.54, 1.807) is 11.9 Å². The zero-order valence-corrected chi connectivity index (χ0v) is 12.5. The van der Waals surface area contributed by atoms with Crippen molar-refractivity contribution in [1.29, 1.82) is 0 Å². The quantitative estimate of drug-likeness (QED) is 0.805. The van der Waals surface area contributed by atoms with Crippen LogP contribution in [0.3, 0.4) is 0 Å². The van der Waals surface area contributed by atoms with Crippen LogP contribution in [0.4, 0.5) is 5.69 Å². The molecule has 0 spiro atoms. The summed E-state index contributed by atoms with van der Waals surface area (Å²) in [5.41, 5.74) is 3.02. The van der Waals surface area contributed by atoms with Gasteiger partial charge in [0.1, 0.15) is 0 Å². The number of hydrogen-bond donors (Lipinski definition) is 1. The van der Waals surface area contributed by atoms with Crippen LogP contribution >= 0.6 is 0 Å². The monoisotopic (exact) mass is 278 g/mol. The number of likely N-dealkylation sites (N-methyl/N-ethyl adjacent to an activating group) is 1. The summed E-state index contributed by atoms with van der Waals surface area (Å²) in [5.74, 6) is -0.365. The number of aryl methyl sites for hydroxylation is 2. The van der Waals surface area contributed by atoms with Crippen molar-refractivity contribution >= 4 is 17.6 Å². The largest absolute Gasteiger partial charge is 0.469 e. The first kappa shape index (κ1) is 16.2. The van der Waals surface area contributed by atoms with Crippen LogP contribution in [0.15, 0.2) is 18.2 Å². The Morgan fingerprint density at radius 2 is 2.00 bits per heavy atom. The molecule has 0 saturated carbocycles. The molecule has 1 aromatic rings. The van der Waals surface area contributed by atoms with Crippen molar-refractivity contribution < 1.29 is 14.3 Å². The Morgan fingerprint density at radius 3 is 2.60 bits per heavy atom. The highest BCUT2D eigenvalue weighted by atomic mass is 16.5. The molecule has 0 radical (unpaired) electrons. The lowest BCUT2D eigenvalue weighted by molar-refractivity contribution is -0.141. The zero-order chi connectivity index (χ0) is 15.1. The maximum absolute atomic E-state index is 11.9. The molecule has 0 bridgehead atoms. The Hall–Kier alpha value is -1.88. The lowest BCUT2D eigenvalue weighted by Crippen LogP contribution is -2.32. The molecule has 1 rings (SSSR count). The highest BCUT2D eigenvalue weighted by molar-refractivity contribution is 5.93. The molecule has 0 heterocycles. The third-order valence-corrected chi connectivity index (χ3v) is 2.99. The number of esters is 1. The van der Waals surface area contributed by atoms with Crippen molar-refractivity contribution in [2.75, 3.05) is 32.6 Å². The molecule has 20 heavy (non-hydrogen) atoms. The second-order valence-corrected chi connectivity index (χ2v) is 4.93. The smallest absolute Gasteiger partial charge is 0.306 e. The Balaban J connectivity index is 2.45. The predicted molar refractivity (Wildman–Crippen MR) is 78.7 cm³/mol. The van der Waals surface area contributed by atoms with Crippen LogP contribution in [0.5, 0.6) is 0 Å². The number of methoxy groups -OCH3 is 1. The summed E-state index contributed by atoms with van der Waals surface area (Å²) in [4.78, 5) is 24.7. The van der Waals surface area contributed by atoms with E-state index in [1.165, 1.54) is 7.11 Å². The van der Waals surface area contributed by atoms with Crippen LogP contribution < -0.4 is 5.32 Å². The zero-order valence-electron chi connectivity index (χ0n) is 12.5. The number of ether oxygens (including phenoxy) is 1. The van der Waals surface area contributed by atoms with Gasteiger partial charge in [-0.25, -0.2) is 0 Å². The fourth-order valence-electron chi connectivity index (χ4n) is 1.85. The second kappa shape index (κ2) is 7.65. The van der Waals surface area contributed by atoms with E-state index < -0.39 is 0 Å². The molecule has 0 aromatic heterocycles. The number of nitrogens with one attached hydrogen (secondary N) is 1. The first-order valence-corrected chi connectivity index (χ1v) is 6.55. The Labute approximate surface area is 119 Å². The summed E-state index contributed by atoms with van der Waals surface area (Å²) in [6.07, 6.45) is 0.282. The van der Waals surface area contributed by atoms with Gasteiger partial charge in [0.15, 0.2) is 0 Å². The topological polar surface area (TPSA) is 58.6 Å². The third kappa shape index (κ3) is 5.40. The Kier molecular flexibility index (Phi) is 6.18. The molecule has 0 aliphatic heterocycles. The lowest BCUT2D eigenvalue weighted by atomic mass is 10.1. The molecule has 0 unspecified atom stereocenters. The van der Waals surface area contributed by atoms with E-state index in [9.17, 15) is 9.59 Å².